The van der Waals surface area contributed by atoms with Gasteiger partial charge in [0.1, 0.15) is 11.6 Å². The van der Waals surface area contributed by atoms with Crippen molar-refractivity contribution in [3.05, 3.63) is 114 Å². The number of ether oxygens (including phenoxy) is 1. The van der Waals surface area contributed by atoms with Crippen molar-refractivity contribution in [1.29, 1.82) is 0 Å². The van der Waals surface area contributed by atoms with Gasteiger partial charge in [-0.25, -0.2) is 14.8 Å². The van der Waals surface area contributed by atoms with Crippen LogP contribution in [0.3, 0.4) is 0 Å². The first-order valence-corrected chi connectivity index (χ1v) is 9.91. The Morgan fingerprint density at radius 3 is 2.56 bits per heavy atom. The van der Waals surface area contributed by atoms with Crippen LogP contribution in [0, 0.1) is 0 Å². The summed E-state index contributed by atoms with van der Waals surface area (Å²) in [6.07, 6.45) is 6.09. The highest BCUT2D eigenvalue weighted by Crippen LogP contribution is 2.25. The number of nitrogens with one attached hydrogen (secondary N) is 1. The first-order valence-electron chi connectivity index (χ1n) is 9.91. The number of carboxylic acids is 1. The zero-order valence-electron chi connectivity index (χ0n) is 17.1. The minimum absolute atomic E-state index is 0.363. The lowest BCUT2D eigenvalue weighted by Crippen LogP contribution is -2.01. The van der Waals surface area contributed by atoms with E-state index in [1.54, 1.807) is 48.9 Å². The fourth-order valence-electron chi connectivity index (χ4n) is 3.03. The van der Waals surface area contributed by atoms with Gasteiger partial charge in [-0.15, -0.1) is 0 Å². The van der Waals surface area contributed by atoms with Crippen molar-refractivity contribution in [3.63, 3.8) is 0 Å². The second-order valence-corrected chi connectivity index (χ2v) is 6.81. The summed E-state index contributed by atoms with van der Waals surface area (Å²) in [6.45, 7) is 0.638. The SMILES string of the molecule is O=C(O)/C=C(\c1cccnc1)c1cccc(Oc2ccc(CNc3ccccn3)cc2)n1. The van der Waals surface area contributed by atoms with E-state index in [1.165, 1.54) is 0 Å². The highest BCUT2D eigenvalue weighted by molar-refractivity contribution is 5.94. The number of carbonyl (C=O) groups is 1. The second-order valence-electron chi connectivity index (χ2n) is 6.81. The van der Waals surface area contributed by atoms with Crippen LogP contribution < -0.4 is 10.1 Å². The molecule has 0 aliphatic carbocycles. The highest BCUT2D eigenvalue weighted by atomic mass is 16.5. The number of pyridine rings is 3. The fraction of sp³-hybridized carbons (Fsp3) is 0.0400. The molecule has 7 nitrogen and oxygen atoms in total. The van der Waals surface area contributed by atoms with Gasteiger partial charge in [-0.3, -0.25) is 4.98 Å². The zero-order chi connectivity index (χ0) is 22.2. The number of nitrogens with zero attached hydrogens (tertiary/aromatic N) is 3. The molecule has 158 valence electrons. The number of benzene rings is 1. The van der Waals surface area contributed by atoms with Crippen LogP contribution in [-0.4, -0.2) is 26.0 Å². The van der Waals surface area contributed by atoms with Crippen LogP contribution in [0.1, 0.15) is 16.8 Å². The predicted octanol–water partition coefficient (Wildman–Crippen LogP) is 4.79. The number of aromatic nitrogens is 3. The second kappa shape index (κ2) is 9.99. The van der Waals surface area contributed by atoms with Gasteiger partial charge in [0.05, 0.1) is 5.69 Å². The summed E-state index contributed by atoms with van der Waals surface area (Å²) in [5.74, 6) is 0.739. The van der Waals surface area contributed by atoms with Gasteiger partial charge in [0, 0.05) is 48.4 Å². The molecule has 0 bridgehead atoms. The average Bonchev–Trinajstić information content (AvgIpc) is 2.83. The number of anilines is 1. The molecule has 32 heavy (non-hydrogen) atoms. The van der Waals surface area contributed by atoms with Gasteiger partial charge in [0.2, 0.25) is 5.88 Å². The van der Waals surface area contributed by atoms with Gasteiger partial charge in [0.15, 0.2) is 0 Å². The lowest BCUT2D eigenvalue weighted by molar-refractivity contribution is -0.131. The highest BCUT2D eigenvalue weighted by Gasteiger charge is 2.11. The topological polar surface area (TPSA) is 97.2 Å². The molecule has 0 fully saturated rings. The van der Waals surface area contributed by atoms with Crippen LogP contribution in [0.2, 0.25) is 0 Å². The Kier molecular flexibility index (Phi) is 6.48. The van der Waals surface area contributed by atoms with Crippen LogP contribution in [-0.2, 0) is 11.3 Å². The third kappa shape index (κ3) is 5.54. The summed E-state index contributed by atoms with van der Waals surface area (Å²) >= 11 is 0. The van der Waals surface area contributed by atoms with E-state index in [0.29, 0.717) is 35.0 Å². The molecule has 0 amide bonds. The maximum absolute atomic E-state index is 11.3. The lowest BCUT2D eigenvalue weighted by atomic mass is 10.0. The third-order valence-corrected chi connectivity index (χ3v) is 4.52. The molecule has 0 saturated carbocycles. The molecule has 1 aromatic carbocycles. The van der Waals surface area contributed by atoms with E-state index in [9.17, 15) is 9.90 Å². The Morgan fingerprint density at radius 1 is 0.969 bits per heavy atom. The molecule has 0 atom stereocenters. The molecule has 3 aromatic heterocycles. The molecule has 0 spiro atoms. The largest absolute Gasteiger partial charge is 0.478 e. The minimum atomic E-state index is -1.06. The molecule has 0 unspecified atom stereocenters. The Labute approximate surface area is 185 Å². The molecule has 7 heteroatoms. The van der Waals surface area contributed by atoms with E-state index in [0.717, 1.165) is 17.5 Å². The molecule has 0 radical (unpaired) electrons. The van der Waals surface area contributed by atoms with E-state index in [1.807, 2.05) is 42.5 Å². The molecule has 0 saturated heterocycles. The summed E-state index contributed by atoms with van der Waals surface area (Å²) < 4.78 is 5.89. The van der Waals surface area contributed by atoms with Crippen molar-refractivity contribution < 1.29 is 14.6 Å². The fourth-order valence-corrected chi connectivity index (χ4v) is 3.03. The number of hydrogen-bond acceptors (Lipinski definition) is 6. The van der Waals surface area contributed by atoms with Gasteiger partial charge >= 0.3 is 5.97 Å². The molecule has 2 N–H and O–H groups in total. The van der Waals surface area contributed by atoms with Crippen molar-refractivity contribution >= 4 is 17.4 Å². The van der Waals surface area contributed by atoms with Crippen LogP contribution >= 0.6 is 0 Å². The first-order chi connectivity index (χ1) is 15.7. The monoisotopic (exact) mass is 424 g/mol. The van der Waals surface area contributed by atoms with Crippen LogP contribution in [0.5, 0.6) is 11.6 Å². The molecule has 0 aliphatic heterocycles. The van der Waals surface area contributed by atoms with E-state index in [2.05, 4.69) is 20.3 Å². The average molecular weight is 424 g/mol. The van der Waals surface area contributed by atoms with Crippen molar-refractivity contribution in [1.82, 2.24) is 15.0 Å². The normalized spacial score (nSPS) is 11.1. The number of hydrogen-bond donors (Lipinski definition) is 2. The maximum atomic E-state index is 11.3. The van der Waals surface area contributed by atoms with Crippen molar-refractivity contribution in [2.24, 2.45) is 0 Å². The molecule has 4 aromatic rings. The van der Waals surface area contributed by atoms with Crippen molar-refractivity contribution in [2.45, 2.75) is 6.54 Å². The van der Waals surface area contributed by atoms with Gasteiger partial charge in [-0.05, 0) is 42.0 Å². The molecular weight excluding hydrogens is 404 g/mol. The summed E-state index contributed by atoms with van der Waals surface area (Å²) in [5, 5.41) is 12.5. The smallest absolute Gasteiger partial charge is 0.329 e. The summed E-state index contributed by atoms with van der Waals surface area (Å²) in [4.78, 5) is 24.1. The van der Waals surface area contributed by atoms with E-state index < -0.39 is 5.97 Å². The van der Waals surface area contributed by atoms with Crippen molar-refractivity contribution in [2.75, 3.05) is 5.32 Å². The Bertz CT molecular complexity index is 1210. The summed E-state index contributed by atoms with van der Waals surface area (Å²) in [7, 11) is 0. The van der Waals surface area contributed by atoms with Crippen LogP contribution in [0.15, 0.2) is 97.5 Å². The number of carboxylic acid groups (broad SMARTS) is 1. The summed E-state index contributed by atoms with van der Waals surface area (Å²) in [6, 6.07) is 22.1. The quantitative estimate of drug-likeness (QED) is 0.392. The Balaban J connectivity index is 1.48. The standard InChI is InChI=1S/C25H20N4O3/c30-25(31)15-21(19-5-4-13-26-17-19)22-6-3-8-24(29-22)32-20-11-9-18(10-12-20)16-28-23-7-1-2-14-27-23/h1-15,17H,16H2,(H,27,28)(H,30,31)/b21-15+. The summed E-state index contributed by atoms with van der Waals surface area (Å²) in [5.41, 5.74) is 2.67. The van der Waals surface area contributed by atoms with Gasteiger partial charge in [0.25, 0.3) is 0 Å². The number of rotatable bonds is 8. The zero-order valence-corrected chi connectivity index (χ0v) is 17.1. The minimum Gasteiger partial charge on any atom is -0.478 e. The molecule has 4 rings (SSSR count). The van der Waals surface area contributed by atoms with Crippen molar-refractivity contribution in [3.8, 4) is 11.6 Å². The molecule has 0 aliphatic rings. The van der Waals surface area contributed by atoms with Gasteiger partial charge in [-0.2, -0.15) is 0 Å². The molecular formula is C25H20N4O3. The predicted molar refractivity (Wildman–Crippen MR) is 121 cm³/mol. The van der Waals surface area contributed by atoms with Gasteiger partial charge in [-0.1, -0.05) is 30.3 Å². The van der Waals surface area contributed by atoms with E-state index in [4.69, 9.17) is 4.74 Å². The van der Waals surface area contributed by atoms with Crippen LogP contribution in [0.25, 0.3) is 5.57 Å². The Morgan fingerprint density at radius 2 is 1.84 bits per heavy atom. The Hall–Kier alpha value is -4.52. The first kappa shape index (κ1) is 20.7. The van der Waals surface area contributed by atoms with E-state index >= 15 is 0 Å². The number of aliphatic carboxylic acids is 1. The lowest BCUT2D eigenvalue weighted by Gasteiger charge is -2.10. The van der Waals surface area contributed by atoms with E-state index in [-0.39, 0.29) is 0 Å². The van der Waals surface area contributed by atoms with Gasteiger partial charge < -0.3 is 15.2 Å². The molecule has 3 heterocycles. The third-order valence-electron chi connectivity index (χ3n) is 4.52. The maximum Gasteiger partial charge on any atom is 0.329 e. The van der Waals surface area contributed by atoms with Crippen LogP contribution in [0.4, 0.5) is 5.82 Å².